The molecule has 19 heavy (non-hydrogen) atoms. The van der Waals surface area contributed by atoms with Gasteiger partial charge in [-0.2, -0.15) is 0 Å². The van der Waals surface area contributed by atoms with Crippen LogP contribution >= 0.6 is 11.3 Å². The van der Waals surface area contributed by atoms with Gasteiger partial charge < -0.3 is 5.32 Å². The third kappa shape index (κ3) is 3.85. The number of fused-ring (bicyclic) bond motifs is 1. The molecule has 0 amide bonds. The predicted octanol–water partition coefficient (Wildman–Crippen LogP) is 1.34. The van der Waals surface area contributed by atoms with Crippen molar-refractivity contribution < 1.29 is 8.42 Å². The number of hydrogen-bond donors (Lipinski definition) is 2. The van der Waals surface area contributed by atoms with E-state index in [2.05, 4.69) is 15.3 Å². The number of aryl methyl sites for hydroxylation is 1. The second kappa shape index (κ2) is 5.81. The number of aromatic nitrogens is 2. The van der Waals surface area contributed by atoms with Crippen molar-refractivity contribution in [3.8, 4) is 0 Å². The van der Waals surface area contributed by atoms with Crippen LogP contribution in [0.3, 0.4) is 0 Å². The van der Waals surface area contributed by atoms with Crippen LogP contribution in [0.15, 0.2) is 11.4 Å². The molecular weight excluding hydrogens is 284 g/mol. The fourth-order valence-corrected chi connectivity index (χ4v) is 3.00. The molecule has 2 aromatic heterocycles. The standard InChI is InChI=1S/C11H16N4O2S2/c1-2-9-14-10(8-4-6-18-11(8)15-9)13-5-3-7-19(12,16)17/h4,6H,2-3,5,7H2,1H3,(H2,12,16,17)(H,13,14,15). The molecule has 0 fully saturated rings. The second-order valence-corrected chi connectivity index (χ2v) is 6.76. The summed E-state index contributed by atoms with van der Waals surface area (Å²) in [7, 11) is -3.39. The molecule has 2 rings (SSSR count). The lowest BCUT2D eigenvalue weighted by Crippen LogP contribution is -2.19. The summed E-state index contributed by atoms with van der Waals surface area (Å²) in [6, 6.07) is 1.96. The normalized spacial score (nSPS) is 11.9. The molecule has 0 spiro atoms. The van der Waals surface area contributed by atoms with Crippen LogP contribution in [0.5, 0.6) is 0 Å². The van der Waals surface area contributed by atoms with Crippen molar-refractivity contribution in [1.29, 1.82) is 0 Å². The zero-order chi connectivity index (χ0) is 13.9. The zero-order valence-electron chi connectivity index (χ0n) is 10.6. The topological polar surface area (TPSA) is 98.0 Å². The SMILES string of the molecule is CCc1nc(NCCCS(N)(=O)=O)c2ccsc2n1. The molecule has 8 heteroatoms. The van der Waals surface area contributed by atoms with Crippen LogP contribution < -0.4 is 10.5 Å². The highest BCUT2D eigenvalue weighted by Gasteiger charge is 2.08. The van der Waals surface area contributed by atoms with E-state index in [1.54, 1.807) is 11.3 Å². The monoisotopic (exact) mass is 300 g/mol. The van der Waals surface area contributed by atoms with Gasteiger partial charge in [-0.1, -0.05) is 6.92 Å². The van der Waals surface area contributed by atoms with Crippen molar-refractivity contribution in [3.63, 3.8) is 0 Å². The highest BCUT2D eigenvalue weighted by molar-refractivity contribution is 7.89. The number of hydrogen-bond acceptors (Lipinski definition) is 6. The average Bonchev–Trinajstić information content (AvgIpc) is 2.81. The lowest BCUT2D eigenvalue weighted by atomic mass is 10.3. The number of anilines is 1. The van der Waals surface area contributed by atoms with Gasteiger partial charge in [0.05, 0.1) is 11.1 Å². The van der Waals surface area contributed by atoms with E-state index >= 15 is 0 Å². The lowest BCUT2D eigenvalue weighted by Gasteiger charge is -2.07. The summed E-state index contributed by atoms with van der Waals surface area (Å²) in [4.78, 5) is 9.81. The van der Waals surface area contributed by atoms with Gasteiger partial charge in [0.15, 0.2) is 0 Å². The first-order valence-corrected chi connectivity index (χ1v) is 8.57. The van der Waals surface area contributed by atoms with Crippen molar-refractivity contribution in [2.45, 2.75) is 19.8 Å². The van der Waals surface area contributed by atoms with Crippen LogP contribution in [-0.2, 0) is 16.4 Å². The van der Waals surface area contributed by atoms with Crippen LogP contribution in [0, 0.1) is 0 Å². The van der Waals surface area contributed by atoms with E-state index in [4.69, 9.17) is 5.14 Å². The number of rotatable bonds is 6. The molecule has 0 aromatic carbocycles. The summed E-state index contributed by atoms with van der Waals surface area (Å²) >= 11 is 1.57. The number of nitrogens with two attached hydrogens (primary N) is 1. The average molecular weight is 300 g/mol. The highest BCUT2D eigenvalue weighted by Crippen LogP contribution is 2.25. The second-order valence-electron chi connectivity index (χ2n) is 4.13. The fourth-order valence-electron chi connectivity index (χ4n) is 1.67. The minimum atomic E-state index is -3.39. The summed E-state index contributed by atoms with van der Waals surface area (Å²) in [5, 5.41) is 11.0. The first-order chi connectivity index (χ1) is 8.99. The van der Waals surface area contributed by atoms with E-state index in [-0.39, 0.29) is 5.75 Å². The van der Waals surface area contributed by atoms with Crippen LogP contribution in [0.2, 0.25) is 0 Å². The van der Waals surface area contributed by atoms with Crippen molar-refractivity contribution in [2.75, 3.05) is 17.6 Å². The highest BCUT2D eigenvalue weighted by atomic mass is 32.2. The summed E-state index contributed by atoms with van der Waals surface area (Å²) in [6.45, 7) is 2.51. The molecule has 6 nitrogen and oxygen atoms in total. The number of sulfonamides is 1. The predicted molar refractivity (Wildman–Crippen MR) is 77.9 cm³/mol. The van der Waals surface area contributed by atoms with Crippen molar-refractivity contribution in [3.05, 3.63) is 17.3 Å². The molecule has 0 bridgehead atoms. The van der Waals surface area contributed by atoms with Crippen LogP contribution in [0.4, 0.5) is 5.82 Å². The Balaban J connectivity index is 2.09. The third-order valence-corrected chi connectivity index (χ3v) is 4.25. The summed E-state index contributed by atoms with van der Waals surface area (Å²) in [5.74, 6) is 1.51. The Morgan fingerprint density at radius 1 is 1.42 bits per heavy atom. The number of thiophene rings is 1. The van der Waals surface area contributed by atoms with Crippen molar-refractivity contribution >= 4 is 37.4 Å². The largest absolute Gasteiger partial charge is 0.369 e. The van der Waals surface area contributed by atoms with E-state index in [0.29, 0.717) is 13.0 Å². The van der Waals surface area contributed by atoms with Gasteiger partial charge in [-0.15, -0.1) is 11.3 Å². The summed E-state index contributed by atoms with van der Waals surface area (Å²) in [5.41, 5.74) is 0. The Morgan fingerprint density at radius 3 is 2.89 bits per heavy atom. The maximum Gasteiger partial charge on any atom is 0.209 e. The molecule has 0 aliphatic carbocycles. The van der Waals surface area contributed by atoms with Crippen molar-refractivity contribution in [1.82, 2.24) is 9.97 Å². The molecule has 0 saturated heterocycles. The molecular formula is C11H16N4O2S2. The molecule has 0 atom stereocenters. The van der Waals surface area contributed by atoms with Crippen molar-refractivity contribution in [2.24, 2.45) is 5.14 Å². The van der Waals surface area contributed by atoms with Gasteiger partial charge in [0, 0.05) is 13.0 Å². The minimum Gasteiger partial charge on any atom is -0.369 e. The fraction of sp³-hybridized carbons (Fsp3) is 0.455. The molecule has 0 aliphatic rings. The molecule has 2 aromatic rings. The van der Waals surface area contributed by atoms with Gasteiger partial charge in [-0.05, 0) is 17.9 Å². The Kier molecular flexibility index (Phi) is 4.33. The number of nitrogens with zero attached hydrogens (tertiary/aromatic N) is 2. The van der Waals surface area contributed by atoms with E-state index in [1.807, 2.05) is 18.4 Å². The molecule has 104 valence electrons. The molecule has 0 saturated carbocycles. The molecule has 0 aliphatic heterocycles. The molecule has 3 N–H and O–H groups in total. The lowest BCUT2D eigenvalue weighted by molar-refractivity contribution is 0.595. The smallest absolute Gasteiger partial charge is 0.209 e. The summed E-state index contributed by atoms with van der Waals surface area (Å²) in [6.07, 6.45) is 1.22. The van der Waals surface area contributed by atoms with E-state index < -0.39 is 10.0 Å². The Hall–Kier alpha value is -1.25. The first-order valence-electron chi connectivity index (χ1n) is 5.98. The Bertz CT molecular complexity index is 666. The minimum absolute atomic E-state index is 0.0293. The zero-order valence-corrected chi connectivity index (χ0v) is 12.2. The Morgan fingerprint density at radius 2 is 2.21 bits per heavy atom. The maximum atomic E-state index is 10.8. The number of nitrogens with one attached hydrogen (secondary N) is 1. The molecule has 0 radical (unpaired) electrons. The maximum absolute atomic E-state index is 10.8. The van der Waals surface area contributed by atoms with E-state index in [1.165, 1.54) is 0 Å². The van der Waals surface area contributed by atoms with Crippen LogP contribution in [-0.4, -0.2) is 30.7 Å². The summed E-state index contributed by atoms with van der Waals surface area (Å²) < 4.78 is 21.7. The van der Waals surface area contributed by atoms with Gasteiger partial charge in [0.25, 0.3) is 0 Å². The van der Waals surface area contributed by atoms with Gasteiger partial charge in [0.2, 0.25) is 10.0 Å². The quantitative estimate of drug-likeness (QED) is 0.785. The number of primary sulfonamides is 1. The van der Waals surface area contributed by atoms with E-state index in [0.717, 1.165) is 28.3 Å². The molecule has 0 unspecified atom stereocenters. The van der Waals surface area contributed by atoms with Gasteiger partial charge in [-0.3, -0.25) is 0 Å². The first kappa shape index (κ1) is 14.2. The van der Waals surface area contributed by atoms with Crippen LogP contribution in [0.1, 0.15) is 19.2 Å². The van der Waals surface area contributed by atoms with Crippen LogP contribution in [0.25, 0.3) is 10.2 Å². The van der Waals surface area contributed by atoms with E-state index in [9.17, 15) is 8.42 Å². The third-order valence-electron chi connectivity index (χ3n) is 2.59. The van der Waals surface area contributed by atoms with Gasteiger partial charge >= 0.3 is 0 Å². The Labute approximate surface area is 116 Å². The van der Waals surface area contributed by atoms with Gasteiger partial charge in [0.1, 0.15) is 16.5 Å². The molecule has 2 heterocycles. The van der Waals surface area contributed by atoms with Gasteiger partial charge in [-0.25, -0.2) is 23.5 Å².